The first kappa shape index (κ1) is 45.5. The molecule has 0 aromatic carbocycles. The second-order valence-corrected chi connectivity index (χ2v) is 8.01. The predicted molar refractivity (Wildman–Crippen MR) is 111 cm³/mol. The van der Waals surface area contributed by atoms with Crippen LogP contribution in [-0.2, 0) is 47.7 Å². The van der Waals surface area contributed by atoms with Crippen molar-refractivity contribution in [1.29, 1.82) is 0 Å². The quantitative estimate of drug-likeness (QED) is 0.103. The van der Waals surface area contributed by atoms with E-state index in [0.29, 0.717) is 0 Å². The lowest BCUT2D eigenvalue weighted by molar-refractivity contribution is -0.360. The molecule has 9 N–H and O–H groups in total. The summed E-state index contributed by atoms with van der Waals surface area (Å²) in [5.74, 6) is -10.6. The zero-order valence-electron chi connectivity index (χ0n) is 22.9. The number of hydrogen-bond acceptors (Lipinski definition) is 13. The molecule has 1 saturated carbocycles. The first-order chi connectivity index (χ1) is 20.3. The lowest BCUT2D eigenvalue weighted by Crippen LogP contribution is -2.55. The monoisotopic (exact) mass is 689 g/mol. The van der Waals surface area contributed by atoms with E-state index in [1.54, 1.807) is 0 Å². The van der Waals surface area contributed by atoms with Crippen molar-refractivity contribution >= 4 is 35.8 Å². The van der Waals surface area contributed by atoms with Crippen LogP contribution in [0.25, 0.3) is 0 Å². The SMILES string of the molecule is COCC1(COC(=O)C[NH3+])[C@H](COC(=O)C[NH3+])[C@@H]1COC(=O)C[NH3+].O=C([O-])C(F)(F)F.O=C([O-])C(F)(F)F.O=C([O-])C(F)(F)F. The van der Waals surface area contributed by atoms with Crippen LogP contribution in [0.3, 0.4) is 0 Å². The van der Waals surface area contributed by atoms with Crippen molar-refractivity contribution in [2.75, 3.05) is 53.2 Å². The Morgan fingerprint density at radius 1 is 0.578 bits per heavy atom. The molecule has 0 aliphatic heterocycles. The van der Waals surface area contributed by atoms with Gasteiger partial charge in [0.2, 0.25) is 0 Å². The van der Waals surface area contributed by atoms with Crippen LogP contribution in [0.5, 0.6) is 0 Å². The molecule has 3 atom stereocenters. The van der Waals surface area contributed by atoms with Crippen LogP contribution in [0.15, 0.2) is 0 Å². The maximum Gasteiger partial charge on any atom is 0.430 e. The zero-order valence-corrected chi connectivity index (χ0v) is 22.9. The van der Waals surface area contributed by atoms with Crippen molar-refractivity contribution in [3.63, 3.8) is 0 Å². The van der Waals surface area contributed by atoms with Crippen molar-refractivity contribution < 1.29 is 120 Å². The largest absolute Gasteiger partial charge is 0.542 e. The molecule has 0 spiro atoms. The highest BCUT2D eigenvalue weighted by atomic mass is 19.4. The number of quaternary nitrogens is 3. The normalized spacial score (nSPS) is 18.6. The number of rotatable bonds is 11. The van der Waals surface area contributed by atoms with Crippen molar-refractivity contribution in [3.05, 3.63) is 0 Å². The van der Waals surface area contributed by atoms with Gasteiger partial charge in [0.05, 0.1) is 19.8 Å². The minimum Gasteiger partial charge on any atom is -0.542 e. The first-order valence-corrected chi connectivity index (χ1v) is 11.5. The zero-order chi connectivity index (χ0) is 36.4. The van der Waals surface area contributed by atoms with Crippen molar-refractivity contribution in [3.8, 4) is 0 Å². The fourth-order valence-corrected chi connectivity index (χ4v) is 2.77. The summed E-state index contributed by atoms with van der Waals surface area (Å²) in [7, 11) is 1.53. The molecule has 1 rings (SSSR count). The molecule has 1 aliphatic carbocycles. The van der Waals surface area contributed by atoms with E-state index in [2.05, 4.69) is 17.2 Å². The molecule has 0 bridgehead atoms. The van der Waals surface area contributed by atoms with E-state index in [0.717, 1.165) is 0 Å². The van der Waals surface area contributed by atoms with E-state index in [1.807, 2.05) is 0 Å². The Labute approximate surface area is 245 Å². The number of carboxylic acids is 3. The van der Waals surface area contributed by atoms with E-state index in [1.165, 1.54) is 7.11 Å². The summed E-state index contributed by atoms with van der Waals surface area (Å²) in [6, 6.07) is 0. The maximum atomic E-state index is 11.4. The standard InChI is InChI=1S/C14H25N3O7.3C2HF3O2/c1-21-7-14(8-24-13(20)4-17)9(5-22-11(18)2-15)10(14)6-23-12(19)3-16;3*3-2(4,5)1(6)7/h9-10H,2-8,15-17H2,1H3;3*(H,6,7)/t9-,10+,14?;;;. The van der Waals surface area contributed by atoms with Crippen molar-refractivity contribution in [1.82, 2.24) is 0 Å². The number of carbonyl (C=O) groups is 6. The van der Waals surface area contributed by atoms with Crippen LogP contribution in [0.2, 0.25) is 0 Å². The topological polar surface area (TPSA) is 291 Å². The molecule has 1 fully saturated rings. The van der Waals surface area contributed by atoms with Gasteiger partial charge < -0.3 is 65.9 Å². The van der Waals surface area contributed by atoms with E-state index >= 15 is 0 Å². The number of carboxylic acid groups (broad SMARTS) is 3. The summed E-state index contributed by atoms with van der Waals surface area (Å²) in [5, 5.41) is 26.4. The molecule has 25 heteroatoms. The summed E-state index contributed by atoms with van der Waals surface area (Å²) < 4.78 is 115. The Balaban J connectivity index is -0.000000679. The highest BCUT2D eigenvalue weighted by Gasteiger charge is 2.66. The minimum atomic E-state index is -5.19. The third kappa shape index (κ3) is 19.8. The molecule has 0 amide bonds. The fraction of sp³-hybridized carbons (Fsp3) is 0.700. The number of methoxy groups -OCH3 is 1. The average molecular weight is 689 g/mol. The summed E-state index contributed by atoms with van der Waals surface area (Å²) in [6.45, 7) is 0.720. The fourth-order valence-electron chi connectivity index (χ4n) is 2.77. The molecular weight excluding hydrogens is 661 g/mol. The van der Waals surface area contributed by atoms with Crippen molar-refractivity contribution in [2.24, 2.45) is 17.3 Å². The van der Waals surface area contributed by atoms with E-state index in [-0.39, 0.29) is 57.9 Å². The highest BCUT2D eigenvalue weighted by molar-refractivity contribution is 5.72. The van der Waals surface area contributed by atoms with Crippen LogP contribution in [0.4, 0.5) is 39.5 Å². The number of halogens is 9. The number of esters is 3. The second-order valence-electron chi connectivity index (χ2n) is 8.01. The molecule has 1 unspecified atom stereocenters. The van der Waals surface area contributed by atoms with Gasteiger partial charge in [0, 0.05) is 24.4 Å². The van der Waals surface area contributed by atoms with Crippen LogP contribution in [-0.4, -0.2) is 108 Å². The molecule has 16 nitrogen and oxygen atoms in total. The second kappa shape index (κ2) is 20.1. The van der Waals surface area contributed by atoms with Gasteiger partial charge in [-0.1, -0.05) is 0 Å². The van der Waals surface area contributed by atoms with Gasteiger partial charge in [-0.25, -0.2) is 14.4 Å². The van der Waals surface area contributed by atoms with E-state index < -0.39 is 59.8 Å². The molecule has 264 valence electrons. The summed E-state index contributed by atoms with van der Waals surface area (Å²) in [6.07, 6.45) is -15.6. The third-order valence-electron chi connectivity index (χ3n) is 4.92. The number of alkyl halides is 9. The first-order valence-electron chi connectivity index (χ1n) is 11.5. The summed E-state index contributed by atoms with van der Waals surface area (Å²) in [5.41, 5.74) is 9.85. The van der Waals surface area contributed by atoms with Crippen molar-refractivity contribution in [2.45, 2.75) is 18.5 Å². The van der Waals surface area contributed by atoms with Crippen LogP contribution in [0.1, 0.15) is 0 Å². The van der Waals surface area contributed by atoms with Gasteiger partial charge in [-0.3, -0.25) is 0 Å². The van der Waals surface area contributed by atoms with Crippen LogP contribution >= 0.6 is 0 Å². The summed E-state index contributed by atoms with van der Waals surface area (Å²) in [4.78, 5) is 60.5. The number of hydrogen-bond donors (Lipinski definition) is 3. The Morgan fingerprint density at radius 3 is 1.02 bits per heavy atom. The average Bonchev–Trinajstić information content (AvgIpc) is 3.52. The van der Waals surface area contributed by atoms with E-state index in [4.69, 9.17) is 48.7 Å². The van der Waals surface area contributed by atoms with Gasteiger partial charge in [-0.2, -0.15) is 39.5 Å². The number of ether oxygens (including phenoxy) is 4. The van der Waals surface area contributed by atoms with Gasteiger partial charge in [0.1, 0.15) is 24.5 Å². The predicted octanol–water partition coefficient (Wildman–Crippen LogP) is -6.88. The molecule has 0 saturated heterocycles. The van der Waals surface area contributed by atoms with Gasteiger partial charge in [-0.15, -0.1) is 0 Å². The molecule has 45 heavy (non-hydrogen) atoms. The van der Waals surface area contributed by atoms with Crippen LogP contribution < -0.4 is 32.5 Å². The highest BCUT2D eigenvalue weighted by Crippen LogP contribution is 2.59. The smallest absolute Gasteiger partial charge is 0.430 e. The molecule has 0 aromatic heterocycles. The minimum absolute atomic E-state index is 0.0192. The Bertz CT molecular complexity index is 907. The maximum absolute atomic E-state index is 11.4. The van der Waals surface area contributed by atoms with Gasteiger partial charge >= 0.3 is 36.4 Å². The molecular formula is C20H28F9N3O13. The molecule has 0 radical (unpaired) electrons. The molecule has 0 heterocycles. The van der Waals surface area contributed by atoms with Gasteiger partial charge in [0.25, 0.3) is 0 Å². The Kier molecular flexibility index (Phi) is 20.3. The van der Waals surface area contributed by atoms with E-state index in [9.17, 15) is 53.9 Å². The molecule has 0 aromatic rings. The lowest BCUT2D eigenvalue weighted by Gasteiger charge is -2.17. The lowest BCUT2D eigenvalue weighted by atomic mass is 10.0. The number of carbonyl (C=O) groups excluding carboxylic acids is 6. The van der Waals surface area contributed by atoms with Crippen LogP contribution in [0, 0.1) is 17.3 Å². The van der Waals surface area contributed by atoms with Gasteiger partial charge in [-0.05, 0) is 0 Å². The Morgan fingerprint density at radius 2 is 0.822 bits per heavy atom. The Hall–Kier alpha value is -3.97. The third-order valence-corrected chi connectivity index (χ3v) is 4.92. The van der Waals surface area contributed by atoms with Gasteiger partial charge in [0.15, 0.2) is 19.6 Å². The number of aliphatic carboxylic acids is 3. The summed E-state index contributed by atoms with van der Waals surface area (Å²) >= 11 is 0. The molecule has 1 aliphatic rings.